The van der Waals surface area contributed by atoms with Gasteiger partial charge in [-0.3, -0.25) is 0 Å². The van der Waals surface area contributed by atoms with Gasteiger partial charge < -0.3 is 5.73 Å². The first-order valence-corrected chi connectivity index (χ1v) is 5.41. The number of nitrogens with two attached hydrogens (primary N) is 1. The van der Waals surface area contributed by atoms with E-state index in [1.165, 1.54) is 25.7 Å². The molecule has 0 saturated heterocycles. The van der Waals surface area contributed by atoms with Crippen molar-refractivity contribution >= 4 is 0 Å². The molecule has 12 heavy (non-hydrogen) atoms. The zero-order chi connectivity index (χ0) is 8.77. The maximum Gasteiger partial charge on any atom is -0.00432 e. The molecular formula is C11H21N. The topological polar surface area (TPSA) is 26.0 Å². The highest BCUT2D eigenvalue weighted by atomic mass is 14.7. The van der Waals surface area contributed by atoms with Gasteiger partial charge in [0.1, 0.15) is 0 Å². The minimum Gasteiger partial charge on any atom is -0.330 e. The van der Waals surface area contributed by atoms with Gasteiger partial charge in [0.2, 0.25) is 0 Å². The quantitative estimate of drug-likeness (QED) is 0.637. The summed E-state index contributed by atoms with van der Waals surface area (Å²) in [7, 11) is 0. The van der Waals surface area contributed by atoms with Crippen molar-refractivity contribution in [1.29, 1.82) is 0 Å². The van der Waals surface area contributed by atoms with E-state index >= 15 is 0 Å². The van der Waals surface area contributed by atoms with Crippen molar-refractivity contribution in [2.24, 2.45) is 28.9 Å². The first-order valence-electron chi connectivity index (χ1n) is 5.41. The zero-order valence-corrected chi connectivity index (χ0v) is 8.34. The molecule has 0 aromatic heterocycles. The monoisotopic (exact) mass is 167 g/mol. The van der Waals surface area contributed by atoms with Gasteiger partial charge >= 0.3 is 0 Å². The molecule has 2 rings (SSSR count). The molecule has 1 heteroatoms. The van der Waals surface area contributed by atoms with E-state index in [9.17, 15) is 0 Å². The molecule has 2 aliphatic rings. The lowest BCUT2D eigenvalue weighted by Crippen LogP contribution is -2.28. The lowest BCUT2D eigenvalue weighted by Gasteiger charge is -2.35. The average Bonchev–Trinajstić information content (AvgIpc) is 2.76. The van der Waals surface area contributed by atoms with E-state index in [0.717, 1.165) is 24.3 Å². The minimum atomic E-state index is 0.701. The Morgan fingerprint density at radius 2 is 2.17 bits per heavy atom. The molecule has 0 radical (unpaired) electrons. The Morgan fingerprint density at radius 3 is 2.75 bits per heavy atom. The highest BCUT2D eigenvalue weighted by Crippen LogP contribution is 2.64. The summed E-state index contributed by atoms with van der Waals surface area (Å²) in [5.41, 5.74) is 6.45. The van der Waals surface area contributed by atoms with Crippen LogP contribution in [0.3, 0.4) is 0 Å². The predicted octanol–water partition coefficient (Wildman–Crippen LogP) is 2.41. The maximum atomic E-state index is 5.75. The lowest BCUT2D eigenvalue weighted by molar-refractivity contribution is 0.146. The third-order valence-electron chi connectivity index (χ3n) is 4.63. The Bertz CT molecular complexity index is 178. The molecule has 2 saturated carbocycles. The SMILES string of the molecule is CC1CCCC2(CC2CN)C1C. The minimum absolute atomic E-state index is 0.701. The van der Waals surface area contributed by atoms with Crippen LogP contribution in [0.1, 0.15) is 39.5 Å². The van der Waals surface area contributed by atoms with E-state index < -0.39 is 0 Å². The lowest BCUT2D eigenvalue weighted by atomic mass is 9.70. The molecule has 70 valence electrons. The first-order chi connectivity index (χ1) is 5.70. The fraction of sp³-hybridized carbons (Fsp3) is 1.00. The molecular weight excluding hydrogens is 146 g/mol. The third-order valence-corrected chi connectivity index (χ3v) is 4.63. The Kier molecular flexibility index (Phi) is 1.95. The van der Waals surface area contributed by atoms with Gasteiger partial charge in [0.05, 0.1) is 0 Å². The van der Waals surface area contributed by atoms with Crippen molar-refractivity contribution in [3.63, 3.8) is 0 Å². The number of hydrogen-bond acceptors (Lipinski definition) is 1. The molecule has 1 nitrogen and oxygen atoms in total. The molecule has 0 amide bonds. The Morgan fingerprint density at radius 1 is 1.42 bits per heavy atom. The summed E-state index contributed by atoms with van der Waals surface area (Å²) in [6.07, 6.45) is 5.78. The molecule has 4 atom stereocenters. The molecule has 0 aromatic carbocycles. The molecule has 2 N–H and O–H groups in total. The Labute approximate surface area is 75.7 Å². The summed E-state index contributed by atoms with van der Waals surface area (Å²) < 4.78 is 0. The van der Waals surface area contributed by atoms with E-state index in [-0.39, 0.29) is 0 Å². The van der Waals surface area contributed by atoms with Crippen molar-refractivity contribution in [2.45, 2.75) is 39.5 Å². The van der Waals surface area contributed by atoms with E-state index in [4.69, 9.17) is 5.73 Å². The summed E-state index contributed by atoms with van der Waals surface area (Å²) in [5.74, 6) is 2.74. The normalized spacial score (nSPS) is 52.8. The van der Waals surface area contributed by atoms with E-state index in [1.54, 1.807) is 0 Å². The van der Waals surface area contributed by atoms with Crippen molar-refractivity contribution in [1.82, 2.24) is 0 Å². The van der Waals surface area contributed by atoms with E-state index in [0.29, 0.717) is 5.41 Å². The van der Waals surface area contributed by atoms with Gasteiger partial charge in [-0.25, -0.2) is 0 Å². The predicted molar refractivity (Wildman–Crippen MR) is 51.8 cm³/mol. The summed E-state index contributed by atoms with van der Waals surface area (Å²) in [6.45, 7) is 5.79. The van der Waals surface area contributed by atoms with Crippen LogP contribution in [0.5, 0.6) is 0 Å². The molecule has 0 bridgehead atoms. The van der Waals surface area contributed by atoms with Gasteiger partial charge in [0.15, 0.2) is 0 Å². The van der Waals surface area contributed by atoms with E-state index in [1.807, 2.05) is 0 Å². The summed E-state index contributed by atoms with van der Waals surface area (Å²) in [5, 5.41) is 0. The van der Waals surface area contributed by atoms with Crippen LogP contribution in [-0.2, 0) is 0 Å². The summed E-state index contributed by atoms with van der Waals surface area (Å²) in [4.78, 5) is 0. The van der Waals surface area contributed by atoms with Crippen LogP contribution in [-0.4, -0.2) is 6.54 Å². The molecule has 0 aliphatic heterocycles. The van der Waals surface area contributed by atoms with Gasteiger partial charge in [0, 0.05) is 0 Å². The molecule has 0 heterocycles. The van der Waals surface area contributed by atoms with Crippen molar-refractivity contribution < 1.29 is 0 Å². The molecule has 4 unspecified atom stereocenters. The molecule has 2 aliphatic carbocycles. The second-order valence-corrected chi connectivity index (χ2v) is 5.03. The fourth-order valence-corrected chi connectivity index (χ4v) is 3.38. The van der Waals surface area contributed by atoms with Crippen LogP contribution in [0.15, 0.2) is 0 Å². The highest BCUT2D eigenvalue weighted by Gasteiger charge is 2.57. The largest absolute Gasteiger partial charge is 0.330 e. The van der Waals surface area contributed by atoms with Gasteiger partial charge in [-0.1, -0.05) is 26.7 Å². The van der Waals surface area contributed by atoms with Crippen molar-refractivity contribution in [3.05, 3.63) is 0 Å². The van der Waals surface area contributed by atoms with Crippen LogP contribution >= 0.6 is 0 Å². The first kappa shape index (κ1) is 8.55. The van der Waals surface area contributed by atoms with Gasteiger partial charge in [0.25, 0.3) is 0 Å². The smallest absolute Gasteiger partial charge is 0.00432 e. The number of hydrogen-bond donors (Lipinski definition) is 1. The van der Waals surface area contributed by atoms with Gasteiger partial charge in [-0.2, -0.15) is 0 Å². The number of rotatable bonds is 1. The third kappa shape index (κ3) is 1.02. The van der Waals surface area contributed by atoms with Gasteiger partial charge in [-0.15, -0.1) is 0 Å². The molecule has 2 fully saturated rings. The van der Waals surface area contributed by atoms with Crippen molar-refractivity contribution in [3.8, 4) is 0 Å². The standard InChI is InChI=1S/C11H21N/c1-8-4-3-5-11(9(8)2)6-10(11)7-12/h8-10H,3-7,12H2,1-2H3. The second-order valence-electron chi connectivity index (χ2n) is 5.03. The Hall–Kier alpha value is -0.0400. The van der Waals surface area contributed by atoms with Crippen LogP contribution in [0, 0.1) is 23.2 Å². The van der Waals surface area contributed by atoms with Crippen molar-refractivity contribution in [2.75, 3.05) is 6.54 Å². The Balaban J connectivity index is 2.06. The van der Waals surface area contributed by atoms with Crippen LogP contribution < -0.4 is 5.73 Å². The summed E-state index contributed by atoms with van der Waals surface area (Å²) in [6, 6.07) is 0. The second kappa shape index (κ2) is 2.73. The van der Waals surface area contributed by atoms with Crippen LogP contribution in [0.25, 0.3) is 0 Å². The van der Waals surface area contributed by atoms with Crippen LogP contribution in [0.2, 0.25) is 0 Å². The average molecular weight is 167 g/mol. The maximum absolute atomic E-state index is 5.75. The van der Waals surface area contributed by atoms with Gasteiger partial charge in [-0.05, 0) is 42.6 Å². The molecule has 0 aromatic rings. The highest BCUT2D eigenvalue weighted by molar-refractivity contribution is 5.07. The molecule has 1 spiro atoms. The summed E-state index contributed by atoms with van der Waals surface area (Å²) >= 11 is 0. The van der Waals surface area contributed by atoms with Crippen LogP contribution in [0.4, 0.5) is 0 Å². The van der Waals surface area contributed by atoms with E-state index in [2.05, 4.69) is 13.8 Å². The zero-order valence-electron chi connectivity index (χ0n) is 8.34. The fourth-order valence-electron chi connectivity index (χ4n) is 3.38.